The Labute approximate surface area is 209 Å². The van der Waals surface area contributed by atoms with Gasteiger partial charge in [-0.3, -0.25) is 9.59 Å². The second-order valence-electron chi connectivity index (χ2n) is 8.84. The molecule has 2 N–H and O–H groups in total. The van der Waals surface area contributed by atoms with E-state index in [1.165, 1.54) is 11.8 Å². The Balaban J connectivity index is 1.75. The highest BCUT2D eigenvalue weighted by Gasteiger charge is 2.23. The van der Waals surface area contributed by atoms with Crippen LogP contribution in [0.25, 0.3) is 0 Å². The van der Waals surface area contributed by atoms with Crippen LogP contribution in [0.15, 0.2) is 77.7 Å². The van der Waals surface area contributed by atoms with Gasteiger partial charge in [-0.25, -0.2) is 0 Å². The molecule has 7 heteroatoms. The maximum absolute atomic E-state index is 13.2. The number of rotatable bonds is 7. The van der Waals surface area contributed by atoms with Crippen LogP contribution < -0.4 is 10.6 Å². The first-order chi connectivity index (χ1) is 15.6. The van der Waals surface area contributed by atoms with Crippen LogP contribution in [-0.2, 0) is 9.59 Å². The van der Waals surface area contributed by atoms with Gasteiger partial charge < -0.3 is 10.6 Å². The molecule has 0 aromatic heterocycles. The van der Waals surface area contributed by atoms with Crippen LogP contribution in [0.4, 0.5) is 11.4 Å². The normalized spacial score (nSPS) is 12.2. The van der Waals surface area contributed by atoms with Gasteiger partial charge in [-0.05, 0) is 53.4 Å². The molecule has 4 nitrogen and oxygen atoms in total. The lowest BCUT2D eigenvalue weighted by atomic mass is 9.92. The first kappa shape index (κ1) is 25.2. The Morgan fingerprint density at radius 2 is 1.48 bits per heavy atom. The van der Waals surface area contributed by atoms with E-state index in [2.05, 4.69) is 10.6 Å². The second-order valence-corrected chi connectivity index (χ2v) is 10.8. The Hall–Kier alpha value is -2.47. The van der Waals surface area contributed by atoms with E-state index in [9.17, 15) is 9.59 Å². The highest BCUT2D eigenvalue weighted by molar-refractivity contribution is 8.00. The summed E-state index contributed by atoms with van der Waals surface area (Å²) in [6, 6.07) is 22.1. The van der Waals surface area contributed by atoms with Gasteiger partial charge in [-0.2, -0.15) is 0 Å². The minimum atomic E-state index is -0.484. The van der Waals surface area contributed by atoms with Crippen molar-refractivity contribution >= 4 is 58.2 Å². The highest BCUT2D eigenvalue weighted by atomic mass is 35.5. The van der Waals surface area contributed by atoms with Crippen molar-refractivity contribution in [2.45, 2.75) is 37.3 Å². The summed E-state index contributed by atoms with van der Waals surface area (Å²) in [5.41, 5.74) is 2.10. The van der Waals surface area contributed by atoms with E-state index in [1.54, 1.807) is 18.2 Å². The standard InChI is InChI=1S/C26H26Cl2N2O2S/c1-26(2,3)16-23(31)29-18-9-12-20(13-10-18)33-24(17-7-5-4-6-8-17)25(32)30-19-11-14-21(27)22(28)15-19/h4-15,24H,16H2,1-3H3,(H,29,31)(H,30,32). The van der Waals surface area contributed by atoms with Gasteiger partial charge in [0.1, 0.15) is 5.25 Å². The number of nitrogens with one attached hydrogen (secondary N) is 2. The van der Waals surface area contributed by atoms with Crippen molar-refractivity contribution in [2.75, 3.05) is 10.6 Å². The lowest BCUT2D eigenvalue weighted by molar-refractivity contribution is -0.118. The molecule has 0 saturated carbocycles. The van der Waals surface area contributed by atoms with Crippen molar-refractivity contribution in [3.8, 4) is 0 Å². The zero-order chi connectivity index (χ0) is 24.0. The maximum Gasteiger partial charge on any atom is 0.242 e. The summed E-state index contributed by atoms with van der Waals surface area (Å²) in [5.74, 6) is -0.196. The Kier molecular flexibility index (Phi) is 8.46. The van der Waals surface area contributed by atoms with Gasteiger partial charge in [0.15, 0.2) is 0 Å². The van der Waals surface area contributed by atoms with E-state index in [0.29, 0.717) is 22.2 Å². The molecule has 3 rings (SSSR count). The number of anilines is 2. The Bertz CT molecular complexity index is 1110. The topological polar surface area (TPSA) is 58.2 Å². The van der Waals surface area contributed by atoms with Crippen LogP contribution >= 0.6 is 35.0 Å². The molecule has 3 aromatic rings. The molecule has 0 aliphatic rings. The first-order valence-corrected chi connectivity index (χ1v) is 12.1. The predicted octanol–water partition coefficient (Wildman–Crippen LogP) is 7.84. The molecule has 0 spiro atoms. The monoisotopic (exact) mass is 500 g/mol. The SMILES string of the molecule is CC(C)(C)CC(=O)Nc1ccc(SC(C(=O)Nc2ccc(Cl)c(Cl)c2)c2ccccc2)cc1. The molecule has 3 aromatic carbocycles. The van der Waals surface area contributed by atoms with Crippen LogP contribution in [-0.4, -0.2) is 11.8 Å². The van der Waals surface area contributed by atoms with Crippen LogP contribution in [0.3, 0.4) is 0 Å². The van der Waals surface area contributed by atoms with E-state index in [-0.39, 0.29) is 17.2 Å². The molecule has 172 valence electrons. The summed E-state index contributed by atoms with van der Waals surface area (Å²) in [7, 11) is 0. The molecule has 1 unspecified atom stereocenters. The van der Waals surface area contributed by atoms with Gasteiger partial charge in [0.05, 0.1) is 10.0 Å². The molecule has 0 heterocycles. The van der Waals surface area contributed by atoms with Crippen molar-refractivity contribution in [1.29, 1.82) is 0 Å². The fourth-order valence-corrected chi connectivity index (χ4v) is 4.44. The number of carbonyl (C=O) groups is 2. The van der Waals surface area contributed by atoms with Gasteiger partial charge in [-0.1, -0.05) is 74.3 Å². The highest BCUT2D eigenvalue weighted by Crippen LogP contribution is 2.37. The summed E-state index contributed by atoms with van der Waals surface area (Å²) >= 11 is 13.5. The molecule has 2 amide bonds. The van der Waals surface area contributed by atoms with E-state index >= 15 is 0 Å². The number of hydrogen-bond donors (Lipinski definition) is 2. The van der Waals surface area contributed by atoms with Crippen molar-refractivity contribution in [1.82, 2.24) is 0 Å². The van der Waals surface area contributed by atoms with Gasteiger partial charge in [0.2, 0.25) is 11.8 Å². The van der Waals surface area contributed by atoms with Crippen molar-refractivity contribution < 1.29 is 9.59 Å². The van der Waals surface area contributed by atoms with Crippen molar-refractivity contribution in [3.63, 3.8) is 0 Å². The molecule has 0 saturated heterocycles. The zero-order valence-electron chi connectivity index (χ0n) is 18.7. The molecule has 0 aliphatic heterocycles. The smallest absolute Gasteiger partial charge is 0.242 e. The Morgan fingerprint density at radius 1 is 0.848 bits per heavy atom. The van der Waals surface area contributed by atoms with Gasteiger partial charge in [-0.15, -0.1) is 11.8 Å². The quantitative estimate of drug-likeness (QED) is 0.324. The van der Waals surface area contributed by atoms with Crippen molar-refractivity contribution in [2.24, 2.45) is 5.41 Å². The van der Waals surface area contributed by atoms with E-state index in [4.69, 9.17) is 23.2 Å². The number of thioether (sulfide) groups is 1. The molecular weight excluding hydrogens is 475 g/mol. The van der Waals surface area contributed by atoms with Crippen molar-refractivity contribution in [3.05, 3.63) is 88.4 Å². The molecule has 0 bridgehead atoms. The molecule has 0 radical (unpaired) electrons. The van der Waals surface area contributed by atoms with Crippen LogP contribution in [0, 0.1) is 5.41 Å². The molecular formula is C26H26Cl2N2O2S. The third-order valence-corrected chi connectivity index (χ3v) is 6.62. The zero-order valence-corrected chi connectivity index (χ0v) is 21.0. The number of benzene rings is 3. The van der Waals surface area contributed by atoms with Gasteiger partial charge in [0, 0.05) is 22.7 Å². The second kappa shape index (κ2) is 11.1. The predicted molar refractivity (Wildman–Crippen MR) is 139 cm³/mol. The number of hydrogen-bond acceptors (Lipinski definition) is 3. The average Bonchev–Trinajstić information content (AvgIpc) is 2.75. The summed E-state index contributed by atoms with van der Waals surface area (Å²) in [5, 5.41) is 6.18. The number of carbonyl (C=O) groups excluding carboxylic acids is 2. The summed E-state index contributed by atoms with van der Waals surface area (Å²) in [4.78, 5) is 26.3. The number of halogens is 2. The summed E-state index contributed by atoms with van der Waals surface area (Å²) < 4.78 is 0. The average molecular weight is 501 g/mol. The van der Waals surface area contributed by atoms with Crippen LogP contribution in [0.1, 0.15) is 38.0 Å². The lowest BCUT2D eigenvalue weighted by Gasteiger charge is -2.18. The first-order valence-electron chi connectivity index (χ1n) is 10.5. The lowest BCUT2D eigenvalue weighted by Crippen LogP contribution is -2.19. The third kappa shape index (κ3) is 7.81. The maximum atomic E-state index is 13.2. The Morgan fingerprint density at radius 3 is 2.09 bits per heavy atom. The minimum Gasteiger partial charge on any atom is -0.326 e. The number of amides is 2. The third-order valence-electron chi connectivity index (χ3n) is 4.61. The summed E-state index contributed by atoms with van der Waals surface area (Å²) in [6.07, 6.45) is 0.439. The molecule has 33 heavy (non-hydrogen) atoms. The molecule has 0 aliphatic carbocycles. The van der Waals surface area contributed by atoms with Crippen LogP contribution in [0.2, 0.25) is 10.0 Å². The van der Waals surface area contributed by atoms with E-state index in [1.807, 2.05) is 75.4 Å². The van der Waals surface area contributed by atoms with Gasteiger partial charge in [0.25, 0.3) is 0 Å². The summed E-state index contributed by atoms with van der Waals surface area (Å²) in [6.45, 7) is 6.08. The van der Waals surface area contributed by atoms with Crippen LogP contribution in [0.5, 0.6) is 0 Å². The van der Waals surface area contributed by atoms with Gasteiger partial charge >= 0.3 is 0 Å². The largest absolute Gasteiger partial charge is 0.326 e. The van der Waals surface area contributed by atoms with E-state index in [0.717, 1.165) is 16.1 Å². The fraction of sp³-hybridized carbons (Fsp3) is 0.231. The molecule has 0 fully saturated rings. The fourth-order valence-electron chi connectivity index (χ4n) is 3.12. The van der Waals surface area contributed by atoms with E-state index < -0.39 is 5.25 Å². The molecule has 1 atom stereocenters. The minimum absolute atomic E-state index is 0.0222.